The lowest BCUT2D eigenvalue weighted by Gasteiger charge is -2.17. The van der Waals surface area contributed by atoms with Crippen LogP contribution in [0.2, 0.25) is 0 Å². The molecule has 2 nitrogen and oxygen atoms in total. The topological polar surface area (TPSA) is 35.2 Å². The van der Waals surface area contributed by atoms with E-state index in [0.29, 0.717) is 5.56 Å². The van der Waals surface area contributed by atoms with Gasteiger partial charge in [0.1, 0.15) is 17.4 Å². The number of methoxy groups -OCH3 is 1. The lowest BCUT2D eigenvalue weighted by Crippen LogP contribution is -2.17. The van der Waals surface area contributed by atoms with Crippen LogP contribution in [-0.4, -0.2) is 7.11 Å². The molecule has 1 atom stereocenters. The third kappa shape index (κ3) is 2.83. The summed E-state index contributed by atoms with van der Waals surface area (Å²) in [6.07, 6.45) is 0. The first-order valence-electron chi connectivity index (χ1n) is 5.98. The summed E-state index contributed by atoms with van der Waals surface area (Å²) in [6, 6.07) is 6.85. The van der Waals surface area contributed by atoms with Gasteiger partial charge in [-0.2, -0.15) is 0 Å². The summed E-state index contributed by atoms with van der Waals surface area (Å²) in [6.45, 7) is 1.85. The Labute approximate surface area is 124 Å². The Morgan fingerprint density at radius 3 is 2.30 bits per heavy atom. The summed E-state index contributed by atoms with van der Waals surface area (Å²) in [4.78, 5) is 0. The molecule has 0 saturated carbocycles. The van der Waals surface area contributed by atoms with Gasteiger partial charge in [-0.15, -0.1) is 0 Å². The number of ether oxygens (including phenoxy) is 1. The third-order valence-corrected chi connectivity index (χ3v) is 3.67. The van der Waals surface area contributed by atoms with Crippen molar-refractivity contribution in [3.05, 3.63) is 63.1 Å². The molecule has 0 spiro atoms. The molecule has 0 saturated heterocycles. The maximum Gasteiger partial charge on any atom is 0.134 e. The Hall–Kier alpha value is -1.46. The summed E-state index contributed by atoms with van der Waals surface area (Å²) in [5, 5.41) is 0. The molecular formula is C15H14BrF2NO. The molecule has 2 rings (SSSR count). The van der Waals surface area contributed by atoms with Gasteiger partial charge < -0.3 is 10.5 Å². The molecule has 0 aliphatic rings. The molecule has 0 amide bonds. The smallest absolute Gasteiger partial charge is 0.134 e. The minimum absolute atomic E-state index is 0.127. The van der Waals surface area contributed by atoms with E-state index in [1.165, 1.54) is 7.11 Å². The quantitative estimate of drug-likeness (QED) is 0.912. The molecule has 2 N–H and O–H groups in total. The van der Waals surface area contributed by atoms with E-state index in [1.54, 1.807) is 6.07 Å². The molecule has 0 fully saturated rings. The predicted molar refractivity (Wildman–Crippen MR) is 77.8 cm³/mol. The Kier molecular flexibility index (Phi) is 4.40. The molecule has 20 heavy (non-hydrogen) atoms. The van der Waals surface area contributed by atoms with Crippen molar-refractivity contribution in [3.8, 4) is 5.75 Å². The number of halogens is 3. The van der Waals surface area contributed by atoms with Gasteiger partial charge in [0.05, 0.1) is 13.2 Å². The van der Waals surface area contributed by atoms with Crippen molar-refractivity contribution in [2.24, 2.45) is 5.73 Å². The second kappa shape index (κ2) is 5.89. The lowest BCUT2D eigenvalue weighted by molar-refractivity contribution is 0.404. The van der Waals surface area contributed by atoms with Crippen LogP contribution in [0.4, 0.5) is 8.78 Å². The fourth-order valence-electron chi connectivity index (χ4n) is 2.08. The zero-order valence-electron chi connectivity index (χ0n) is 11.1. The summed E-state index contributed by atoms with van der Waals surface area (Å²) >= 11 is 3.33. The highest BCUT2D eigenvalue weighted by molar-refractivity contribution is 9.10. The average Bonchev–Trinajstić information content (AvgIpc) is 2.40. The highest BCUT2D eigenvalue weighted by atomic mass is 79.9. The number of rotatable bonds is 3. The van der Waals surface area contributed by atoms with Crippen LogP contribution in [0.3, 0.4) is 0 Å². The normalized spacial score (nSPS) is 12.3. The summed E-state index contributed by atoms with van der Waals surface area (Å²) in [7, 11) is 1.35. The number of aryl methyl sites for hydroxylation is 1. The van der Waals surface area contributed by atoms with Gasteiger partial charge in [0.25, 0.3) is 0 Å². The number of nitrogens with two attached hydrogens (primary N) is 1. The third-order valence-electron chi connectivity index (χ3n) is 3.18. The minimum Gasteiger partial charge on any atom is -0.497 e. The van der Waals surface area contributed by atoms with E-state index in [2.05, 4.69) is 15.9 Å². The van der Waals surface area contributed by atoms with Crippen LogP contribution in [0.1, 0.15) is 22.7 Å². The Bertz CT molecular complexity index is 623. The molecule has 2 aromatic rings. The van der Waals surface area contributed by atoms with Gasteiger partial charge in [0.15, 0.2) is 0 Å². The van der Waals surface area contributed by atoms with Crippen molar-refractivity contribution in [2.45, 2.75) is 13.0 Å². The van der Waals surface area contributed by atoms with Gasteiger partial charge in [-0.3, -0.25) is 0 Å². The van der Waals surface area contributed by atoms with Crippen molar-refractivity contribution >= 4 is 15.9 Å². The zero-order valence-corrected chi connectivity index (χ0v) is 12.7. The fraction of sp³-hybridized carbons (Fsp3) is 0.200. The maximum absolute atomic E-state index is 14.1. The molecular weight excluding hydrogens is 328 g/mol. The summed E-state index contributed by atoms with van der Waals surface area (Å²) in [5.41, 5.74) is 7.42. The zero-order chi connectivity index (χ0) is 14.9. The summed E-state index contributed by atoms with van der Waals surface area (Å²) < 4.78 is 33.7. The molecule has 2 aromatic carbocycles. The van der Waals surface area contributed by atoms with Crippen LogP contribution >= 0.6 is 15.9 Å². The van der Waals surface area contributed by atoms with Crippen molar-refractivity contribution in [1.82, 2.24) is 0 Å². The van der Waals surface area contributed by atoms with Gasteiger partial charge in [-0.1, -0.05) is 22.0 Å². The standard InChI is InChI=1S/C15H14BrF2NO/c1-8-3-4-9(16)5-11(8)15(19)14-12(17)6-10(20-2)7-13(14)18/h3-7,15H,19H2,1-2H3. The first kappa shape index (κ1) is 14.9. The van der Waals surface area contributed by atoms with Crippen LogP contribution in [0.5, 0.6) is 5.75 Å². The van der Waals surface area contributed by atoms with E-state index < -0.39 is 17.7 Å². The van der Waals surface area contributed by atoms with Crippen LogP contribution in [0.25, 0.3) is 0 Å². The minimum atomic E-state index is -0.876. The van der Waals surface area contributed by atoms with E-state index in [4.69, 9.17) is 10.5 Å². The highest BCUT2D eigenvalue weighted by Crippen LogP contribution is 2.31. The van der Waals surface area contributed by atoms with Gasteiger partial charge in [0, 0.05) is 22.2 Å². The lowest BCUT2D eigenvalue weighted by atomic mass is 9.95. The Morgan fingerprint density at radius 1 is 1.15 bits per heavy atom. The van der Waals surface area contributed by atoms with Crippen LogP contribution in [0, 0.1) is 18.6 Å². The molecule has 5 heteroatoms. The Balaban J connectivity index is 2.53. The fourth-order valence-corrected chi connectivity index (χ4v) is 2.46. The SMILES string of the molecule is COc1cc(F)c(C(N)c2cc(Br)ccc2C)c(F)c1. The first-order chi connectivity index (χ1) is 9.43. The number of hydrogen-bond acceptors (Lipinski definition) is 2. The summed E-state index contributed by atoms with van der Waals surface area (Å²) in [5.74, 6) is -1.30. The van der Waals surface area contributed by atoms with Crippen LogP contribution in [-0.2, 0) is 0 Å². The highest BCUT2D eigenvalue weighted by Gasteiger charge is 2.21. The van der Waals surface area contributed by atoms with Crippen molar-refractivity contribution in [3.63, 3.8) is 0 Å². The number of hydrogen-bond donors (Lipinski definition) is 1. The van der Waals surface area contributed by atoms with Gasteiger partial charge in [0.2, 0.25) is 0 Å². The number of benzene rings is 2. The predicted octanol–water partition coefficient (Wildman–Crippen LogP) is 4.09. The van der Waals surface area contributed by atoms with Crippen LogP contribution in [0.15, 0.2) is 34.8 Å². The molecule has 0 aliphatic carbocycles. The molecule has 0 heterocycles. The molecule has 106 valence electrons. The van der Waals surface area contributed by atoms with E-state index in [9.17, 15) is 8.78 Å². The average molecular weight is 342 g/mol. The molecule has 0 aromatic heterocycles. The largest absolute Gasteiger partial charge is 0.497 e. The van der Waals surface area contributed by atoms with E-state index >= 15 is 0 Å². The van der Waals surface area contributed by atoms with E-state index in [-0.39, 0.29) is 11.3 Å². The van der Waals surface area contributed by atoms with E-state index in [1.807, 2.05) is 19.1 Å². The molecule has 1 unspecified atom stereocenters. The molecule has 0 radical (unpaired) electrons. The van der Waals surface area contributed by atoms with Crippen molar-refractivity contribution in [2.75, 3.05) is 7.11 Å². The Morgan fingerprint density at radius 2 is 1.75 bits per heavy atom. The first-order valence-corrected chi connectivity index (χ1v) is 6.78. The monoisotopic (exact) mass is 341 g/mol. The second-order valence-corrected chi connectivity index (χ2v) is 5.40. The van der Waals surface area contributed by atoms with Gasteiger partial charge in [-0.05, 0) is 30.2 Å². The van der Waals surface area contributed by atoms with E-state index in [0.717, 1.165) is 22.2 Å². The second-order valence-electron chi connectivity index (χ2n) is 4.48. The van der Waals surface area contributed by atoms with Crippen LogP contribution < -0.4 is 10.5 Å². The molecule has 0 aliphatic heterocycles. The van der Waals surface area contributed by atoms with Gasteiger partial charge >= 0.3 is 0 Å². The maximum atomic E-state index is 14.1. The van der Waals surface area contributed by atoms with Gasteiger partial charge in [-0.25, -0.2) is 8.78 Å². The van der Waals surface area contributed by atoms with Crippen molar-refractivity contribution in [1.29, 1.82) is 0 Å². The van der Waals surface area contributed by atoms with Crippen molar-refractivity contribution < 1.29 is 13.5 Å². The molecule has 0 bridgehead atoms.